The van der Waals surface area contributed by atoms with Gasteiger partial charge in [0.2, 0.25) is 0 Å². The minimum absolute atomic E-state index is 0.274. The van der Waals surface area contributed by atoms with Crippen molar-refractivity contribution in [2.75, 3.05) is 7.05 Å². The number of rotatable bonds is 1. The molecule has 0 spiro atoms. The normalized spacial score (nSPS) is 15.6. The first-order valence-corrected chi connectivity index (χ1v) is 5.35. The molecular formula is C14H13NO2. The molecule has 3 heteroatoms. The largest absolute Gasteiger partial charge is 0.277 e. The van der Waals surface area contributed by atoms with E-state index in [1.54, 1.807) is 30.4 Å². The van der Waals surface area contributed by atoms with Crippen LogP contribution in [0.2, 0.25) is 0 Å². The summed E-state index contributed by atoms with van der Waals surface area (Å²) in [5, 5.41) is 1.35. The molecular weight excluding hydrogens is 214 g/mol. The first-order chi connectivity index (χ1) is 8.07. The summed E-state index contributed by atoms with van der Waals surface area (Å²) in [6.45, 7) is 5.72. The van der Waals surface area contributed by atoms with Crippen molar-refractivity contribution in [1.82, 2.24) is 4.90 Å². The van der Waals surface area contributed by atoms with E-state index >= 15 is 0 Å². The molecule has 0 radical (unpaired) electrons. The second-order valence-corrected chi connectivity index (χ2v) is 3.92. The maximum Gasteiger partial charge on any atom is 0.261 e. The zero-order valence-corrected chi connectivity index (χ0v) is 9.86. The molecule has 2 amide bonds. The summed E-state index contributed by atoms with van der Waals surface area (Å²) < 4.78 is 0. The average Bonchev–Trinajstić information content (AvgIpc) is 2.32. The number of hydrogen-bond donors (Lipinski definition) is 0. The van der Waals surface area contributed by atoms with Crippen LogP contribution < -0.4 is 10.4 Å². The third-order valence-corrected chi connectivity index (χ3v) is 2.82. The lowest BCUT2D eigenvalue weighted by atomic mass is 9.99. The topological polar surface area (TPSA) is 37.4 Å². The van der Waals surface area contributed by atoms with E-state index in [2.05, 4.69) is 6.58 Å². The first-order valence-electron chi connectivity index (χ1n) is 5.35. The van der Waals surface area contributed by atoms with Crippen LogP contribution in [-0.4, -0.2) is 23.8 Å². The van der Waals surface area contributed by atoms with Crippen molar-refractivity contribution in [3.05, 3.63) is 46.4 Å². The monoisotopic (exact) mass is 227 g/mol. The highest BCUT2D eigenvalue weighted by atomic mass is 16.2. The molecule has 86 valence electrons. The van der Waals surface area contributed by atoms with Gasteiger partial charge in [0.25, 0.3) is 11.8 Å². The molecule has 0 unspecified atom stereocenters. The minimum atomic E-state index is -0.281. The van der Waals surface area contributed by atoms with E-state index in [-0.39, 0.29) is 11.8 Å². The Labute approximate surface area is 99.4 Å². The summed E-state index contributed by atoms with van der Waals surface area (Å²) in [5.41, 5.74) is 1.06. The van der Waals surface area contributed by atoms with Crippen LogP contribution in [0.1, 0.15) is 17.3 Å². The van der Waals surface area contributed by atoms with Crippen molar-refractivity contribution in [3.63, 3.8) is 0 Å². The summed E-state index contributed by atoms with van der Waals surface area (Å²) in [5.74, 6) is -0.555. The van der Waals surface area contributed by atoms with Crippen molar-refractivity contribution in [1.29, 1.82) is 0 Å². The van der Waals surface area contributed by atoms with Crippen LogP contribution in [0.3, 0.4) is 0 Å². The SMILES string of the molecule is C=c1cccc2c1=C(/C=C\C)C(=O)N(C)C2=O. The molecule has 1 aliphatic rings. The van der Waals surface area contributed by atoms with Crippen molar-refractivity contribution in [2.24, 2.45) is 0 Å². The number of carbonyl (C=O) groups is 2. The molecule has 0 aliphatic carbocycles. The Hall–Kier alpha value is -2.16. The van der Waals surface area contributed by atoms with Crippen LogP contribution in [0, 0.1) is 0 Å². The second-order valence-electron chi connectivity index (χ2n) is 3.92. The molecule has 1 aliphatic heterocycles. The van der Waals surface area contributed by atoms with E-state index in [4.69, 9.17) is 0 Å². The van der Waals surface area contributed by atoms with Crippen molar-refractivity contribution in [3.8, 4) is 0 Å². The molecule has 0 bridgehead atoms. The Balaban J connectivity index is 2.98. The van der Waals surface area contributed by atoms with Crippen LogP contribution in [0.15, 0.2) is 30.4 Å². The van der Waals surface area contributed by atoms with Crippen LogP contribution >= 0.6 is 0 Å². The molecule has 2 rings (SSSR count). The number of imide groups is 1. The van der Waals surface area contributed by atoms with Crippen LogP contribution in [0.5, 0.6) is 0 Å². The molecule has 1 aromatic rings. The smallest absolute Gasteiger partial charge is 0.261 e. The fourth-order valence-corrected chi connectivity index (χ4v) is 1.98. The average molecular weight is 227 g/mol. The maximum absolute atomic E-state index is 12.0. The molecule has 0 saturated carbocycles. The van der Waals surface area contributed by atoms with Gasteiger partial charge in [-0.2, -0.15) is 0 Å². The van der Waals surface area contributed by atoms with Gasteiger partial charge >= 0.3 is 0 Å². The maximum atomic E-state index is 12.0. The van der Waals surface area contributed by atoms with Gasteiger partial charge in [-0.05, 0) is 18.2 Å². The van der Waals surface area contributed by atoms with Crippen molar-refractivity contribution < 1.29 is 9.59 Å². The predicted octanol–water partition coefficient (Wildman–Crippen LogP) is 0.436. The van der Waals surface area contributed by atoms with Gasteiger partial charge in [-0.1, -0.05) is 30.9 Å². The zero-order chi connectivity index (χ0) is 12.6. The van der Waals surface area contributed by atoms with E-state index < -0.39 is 0 Å². The van der Waals surface area contributed by atoms with E-state index in [0.29, 0.717) is 21.6 Å². The number of fused-ring (bicyclic) bond motifs is 1. The summed E-state index contributed by atoms with van der Waals surface area (Å²) in [7, 11) is 1.49. The Morgan fingerprint density at radius 2 is 1.94 bits per heavy atom. The van der Waals surface area contributed by atoms with E-state index in [9.17, 15) is 9.59 Å². The first kappa shape index (κ1) is 11.3. The summed E-state index contributed by atoms with van der Waals surface area (Å²) >= 11 is 0. The molecule has 0 fully saturated rings. The van der Waals surface area contributed by atoms with Gasteiger partial charge in [0, 0.05) is 23.4 Å². The van der Waals surface area contributed by atoms with Gasteiger partial charge < -0.3 is 0 Å². The Kier molecular flexibility index (Phi) is 2.68. The molecule has 1 heterocycles. The zero-order valence-electron chi connectivity index (χ0n) is 9.86. The highest BCUT2D eigenvalue weighted by Gasteiger charge is 2.27. The van der Waals surface area contributed by atoms with Crippen LogP contribution in [0.4, 0.5) is 0 Å². The van der Waals surface area contributed by atoms with E-state index in [1.807, 2.05) is 6.92 Å². The third kappa shape index (κ3) is 1.60. The highest BCUT2D eigenvalue weighted by molar-refractivity contribution is 6.26. The van der Waals surface area contributed by atoms with Gasteiger partial charge in [0.1, 0.15) is 0 Å². The fraction of sp³-hybridized carbons (Fsp3) is 0.143. The lowest BCUT2D eigenvalue weighted by molar-refractivity contribution is -0.121. The van der Waals surface area contributed by atoms with Gasteiger partial charge in [0.15, 0.2) is 0 Å². The Bertz CT molecular complexity index is 641. The number of allylic oxidation sites excluding steroid dienone is 1. The van der Waals surface area contributed by atoms with Gasteiger partial charge in [-0.15, -0.1) is 0 Å². The molecule has 0 aromatic heterocycles. The number of benzene rings is 1. The van der Waals surface area contributed by atoms with E-state index in [1.165, 1.54) is 7.05 Å². The van der Waals surface area contributed by atoms with E-state index in [0.717, 1.165) is 4.90 Å². The minimum Gasteiger partial charge on any atom is -0.277 e. The Morgan fingerprint density at radius 1 is 1.24 bits per heavy atom. The van der Waals surface area contributed by atoms with Crippen LogP contribution in [-0.2, 0) is 4.79 Å². The molecule has 0 saturated heterocycles. The fourth-order valence-electron chi connectivity index (χ4n) is 1.98. The number of nitrogens with zero attached hydrogens (tertiary/aromatic N) is 1. The lowest BCUT2D eigenvalue weighted by Gasteiger charge is -2.21. The number of carbonyl (C=O) groups excluding carboxylic acids is 2. The molecule has 0 N–H and O–H groups in total. The predicted molar refractivity (Wildman–Crippen MR) is 66.5 cm³/mol. The van der Waals surface area contributed by atoms with Gasteiger partial charge in [-0.25, -0.2) is 0 Å². The number of hydrogen-bond acceptors (Lipinski definition) is 2. The summed E-state index contributed by atoms with van der Waals surface area (Å²) in [6.07, 6.45) is 3.51. The van der Waals surface area contributed by atoms with Crippen molar-refractivity contribution in [2.45, 2.75) is 6.92 Å². The van der Waals surface area contributed by atoms with Crippen molar-refractivity contribution >= 4 is 24.0 Å². The third-order valence-electron chi connectivity index (χ3n) is 2.82. The lowest BCUT2D eigenvalue weighted by Crippen LogP contribution is -2.47. The van der Waals surface area contributed by atoms with Gasteiger partial charge in [0.05, 0.1) is 0 Å². The molecule has 0 atom stereocenters. The number of amides is 2. The molecule has 17 heavy (non-hydrogen) atoms. The molecule has 1 aromatic carbocycles. The Morgan fingerprint density at radius 3 is 2.59 bits per heavy atom. The highest BCUT2D eigenvalue weighted by Crippen LogP contribution is 2.11. The van der Waals surface area contributed by atoms with Gasteiger partial charge in [-0.3, -0.25) is 14.5 Å². The molecule has 3 nitrogen and oxygen atoms in total. The second kappa shape index (κ2) is 4.01. The summed E-state index contributed by atoms with van der Waals surface area (Å²) in [4.78, 5) is 25.1. The quantitative estimate of drug-likeness (QED) is 0.653. The standard InChI is InChI=1S/C14H13NO2/c1-4-6-10-12-9(2)7-5-8-11(12)14(17)15(3)13(10)16/h4-8H,2H2,1,3H3/b6-4-. The van der Waals surface area contributed by atoms with Crippen LogP contribution in [0.25, 0.3) is 12.2 Å². The summed E-state index contributed by atoms with van der Waals surface area (Å²) in [6, 6.07) is 5.29.